The maximum atomic E-state index is 10.3. The van der Waals surface area contributed by atoms with E-state index in [2.05, 4.69) is 18.0 Å². The molecule has 0 aromatic carbocycles. The quantitative estimate of drug-likeness (QED) is 0.566. The lowest BCUT2D eigenvalue weighted by Crippen LogP contribution is -2.07. The van der Waals surface area contributed by atoms with Gasteiger partial charge in [-0.05, 0) is 0 Å². The summed E-state index contributed by atoms with van der Waals surface area (Å²) in [5, 5.41) is 0. The molecule has 0 aromatic heterocycles. The van der Waals surface area contributed by atoms with Crippen molar-refractivity contribution in [3.05, 3.63) is 0 Å². The third kappa shape index (κ3) is 14.6. The van der Waals surface area contributed by atoms with Crippen molar-refractivity contribution in [1.82, 2.24) is 0 Å². The lowest BCUT2D eigenvalue weighted by Gasteiger charge is -2.01. The summed E-state index contributed by atoms with van der Waals surface area (Å²) in [6.45, 7) is 4.36. The molecule has 0 saturated carbocycles. The van der Waals surface area contributed by atoms with Gasteiger partial charge in [-0.2, -0.15) is 8.42 Å². The fourth-order valence-electron chi connectivity index (χ4n) is 0.259. The highest BCUT2D eigenvalue weighted by molar-refractivity contribution is 7.93. The first-order valence-electron chi connectivity index (χ1n) is 4.01. The van der Waals surface area contributed by atoms with Crippen LogP contribution in [0.1, 0.15) is 26.7 Å². The van der Waals surface area contributed by atoms with Crippen LogP contribution in [0.5, 0.6) is 0 Å². The SMILES string of the molecule is CCCC.COS(=O)(=O)CP(=O)(O)O. The molecular weight excluding hydrogens is 231 g/mol. The fourth-order valence-corrected chi connectivity index (χ4v) is 2.33. The Labute approximate surface area is 84.6 Å². The lowest BCUT2D eigenvalue weighted by atomic mass is 10.4. The highest BCUT2D eigenvalue weighted by Gasteiger charge is 2.24. The van der Waals surface area contributed by atoms with E-state index in [9.17, 15) is 13.0 Å². The van der Waals surface area contributed by atoms with Crippen LogP contribution < -0.4 is 0 Å². The summed E-state index contributed by atoms with van der Waals surface area (Å²) in [6, 6.07) is 0. The highest BCUT2D eigenvalue weighted by atomic mass is 32.2. The van der Waals surface area contributed by atoms with Crippen molar-refractivity contribution in [2.75, 3.05) is 12.6 Å². The molecule has 0 amide bonds. The summed E-state index contributed by atoms with van der Waals surface area (Å²) < 4.78 is 34.4. The third-order valence-electron chi connectivity index (χ3n) is 1.08. The van der Waals surface area contributed by atoms with E-state index in [0.717, 1.165) is 7.11 Å². The average molecular weight is 248 g/mol. The van der Waals surface area contributed by atoms with Crippen LogP contribution in [-0.2, 0) is 18.9 Å². The zero-order valence-electron chi connectivity index (χ0n) is 8.50. The maximum absolute atomic E-state index is 10.3. The van der Waals surface area contributed by atoms with E-state index >= 15 is 0 Å². The number of hydrogen-bond acceptors (Lipinski definition) is 4. The Morgan fingerprint density at radius 3 is 1.64 bits per heavy atom. The fraction of sp³-hybridized carbons (Fsp3) is 1.00. The number of rotatable bonds is 4. The second-order valence-electron chi connectivity index (χ2n) is 2.52. The monoisotopic (exact) mass is 248 g/mol. The van der Waals surface area contributed by atoms with Gasteiger partial charge in [0.1, 0.15) is 0 Å². The Balaban J connectivity index is 0. The summed E-state index contributed by atoms with van der Waals surface area (Å²) in [4.78, 5) is 16.3. The van der Waals surface area contributed by atoms with Crippen molar-refractivity contribution < 1.29 is 27.0 Å². The molecule has 0 aliphatic rings. The van der Waals surface area contributed by atoms with E-state index < -0.39 is 23.2 Å². The highest BCUT2D eigenvalue weighted by Crippen LogP contribution is 2.35. The van der Waals surface area contributed by atoms with Crippen molar-refractivity contribution >= 4 is 17.7 Å². The van der Waals surface area contributed by atoms with Gasteiger partial charge in [0, 0.05) is 0 Å². The largest absolute Gasteiger partial charge is 0.343 e. The number of unbranched alkanes of at least 4 members (excludes halogenated alkanes) is 1. The molecule has 0 rings (SSSR count). The van der Waals surface area contributed by atoms with E-state index in [0.29, 0.717) is 0 Å². The van der Waals surface area contributed by atoms with Crippen LogP contribution >= 0.6 is 7.60 Å². The molecule has 0 saturated heterocycles. The van der Waals surface area contributed by atoms with E-state index in [-0.39, 0.29) is 0 Å². The second kappa shape index (κ2) is 7.36. The van der Waals surface area contributed by atoms with Gasteiger partial charge in [0.2, 0.25) is 0 Å². The topological polar surface area (TPSA) is 101 Å². The first kappa shape index (κ1) is 16.5. The lowest BCUT2D eigenvalue weighted by molar-refractivity contribution is 0.369. The first-order chi connectivity index (χ1) is 6.18. The van der Waals surface area contributed by atoms with Crippen LogP contribution in [0, 0.1) is 0 Å². The minimum absolute atomic E-state index is 0.838. The van der Waals surface area contributed by atoms with Crippen LogP contribution in [0.3, 0.4) is 0 Å². The van der Waals surface area contributed by atoms with Crippen molar-refractivity contribution in [3.8, 4) is 0 Å². The standard InChI is InChI=1S/C4H10.C2H7O6PS/c1-3-4-2;1-8-10(6,7)2-9(3,4)5/h3-4H2,1-2H3;2H2,1H3,(H2,3,4,5). The average Bonchev–Trinajstić information content (AvgIpc) is 2.01. The molecular formula is C6H17O6PS. The molecule has 0 bridgehead atoms. The van der Waals surface area contributed by atoms with Crippen molar-refractivity contribution in [1.29, 1.82) is 0 Å². The maximum Gasteiger partial charge on any atom is 0.343 e. The zero-order valence-corrected chi connectivity index (χ0v) is 10.2. The smallest absolute Gasteiger partial charge is 0.324 e. The normalized spacial score (nSPS) is 11.8. The summed E-state index contributed by atoms with van der Waals surface area (Å²) in [5.41, 5.74) is -1.27. The van der Waals surface area contributed by atoms with E-state index in [1.54, 1.807) is 0 Å². The van der Waals surface area contributed by atoms with Gasteiger partial charge in [-0.1, -0.05) is 26.7 Å². The Morgan fingerprint density at radius 2 is 1.57 bits per heavy atom. The van der Waals surface area contributed by atoms with E-state index in [1.165, 1.54) is 12.8 Å². The molecule has 6 nitrogen and oxygen atoms in total. The van der Waals surface area contributed by atoms with Crippen LogP contribution in [0.4, 0.5) is 0 Å². The Morgan fingerprint density at radius 1 is 1.21 bits per heavy atom. The van der Waals surface area contributed by atoms with Gasteiger partial charge in [0.15, 0.2) is 5.49 Å². The molecule has 0 spiro atoms. The minimum atomic E-state index is -4.52. The number of hydrogen-bond donors (Lipinski definition) is 2. The van der Waals surface area contributed by atoms with Gasteiger partial charge in [0.25, 0.3) is 10.1 Å². The molecule has 8 heteroatoms. The summed E-state index contributed by atoms with van der Waals surface area (Å²) in [5.74, 6) is 0. The molecule has 0 aromatic rings. The van der Waals surface area contributed by atoms with Gasteiger partial charge >= 0.3 is 7.60 Å². The molecule has 2 N–H and O–H groups in total. The zero-order chi connectivity index (χ0) is 11.8. The molecule has 0 unspecified atom stereocenters. The van der Waals surface area contributed by atoms with Gasteiger partial charge in [-0.3, -0.25) is 8.75 Å². The Bertz CT molecular complexity index is 264. The molecule has 0 aliphatic carbocycles. The van der Waals surface area contributed by atoms with Crippen molar-refractivity contribution in [2.24, 2.45) is 0 Å². The molecule has 0 atom stereocenters. The van der Waals surface area contributed by atoms with Crippen LogP contribution in [-0.4, -0.2) is 30.8 Å². The molecule has 14 heavy (non-hydrogen) atoms. The molecule has 0 fully saturated rings. The minimum Gasteiger partial charge on any atom is -0.324 e. The van der Waals surface area contributed by atoms with Crippen molar-refractivity contribution in [3.63, 3.8) is 0 Å². The van der Waals surface area contributed by atoms with Crippen LogP contribution in [0.2, 0.25) is 0 Å². The van der Waals surface area contributed by atoms with Crippen molar-refractivity contribution in [2.45, 2.75) is 26.7 Å². The van der Waals surface area contributed by atoms with Crippen LogP contribution in [0.25, 0.3) is 0 Å². The predicted octanol–water partition coefficient (Wildman–Crippen LogP) is 0.904. The predicted molar refractivity (Wildman–Crippen MR) is 53.4 cm³/mol. The Hall–Kier alpha value is 0.0600. The van der Waals surface area contributed by atoms with Gasteiger partial charge < -0.3 is 9.79 Å². The van der Waals surface area contributed by atoms with E-state index in [1.807, 2.05) is 0 Å². The first-order valence-corrected chi connectivity index (χ1v) is 7.38. The van der Waals surface area contributed by atoms with Crippen LogP contribution in [0.15, 0.2) is 0 Å². The summed E-state index contributed by atoms with van der Waals surface area (Å²) >= 11 is 0. The van der Waals surface area contributed by atoms with E-state index in [4.69, 9.17) is 9.79 Å². The van der Waals surface area contributed by atoms with Gasteiger partial charge in [0.05, 0.1) is 7.11 Å². The Kier molecular flexibility index (Phi) is 8.67. The van der Waals surface area contributed by atoms with Gasteiger partial charge in [-0.15, -0.1) is 0 Å². The molecule has 0 aliphatic heterocycles. The summed E-state index contributed by atoms with van der Waals surface area (Å²) in [7, 11) is -7.72. The third-order valence-corrected chi connectivity index (χ3v) is 4.20. The second-order valence-corrected chi connectivity index (χ2v) is 6.33. The summed E-state index contributed by atoms with van der Waals surface area (Å²) in [6.07, 6.45) is 2.64. The molecule has 88 valence electrons. The molecule has 0 heterocycles. The molecule has 0 radical (unpaired) electrons. The van der Waals surface area contributed by atoms with Gasteiger partial charge in [-0.25, -0.2) is 0 Å².